The molecule has 0 spiro atoms. The Labute approximate surface area is 175 Å². The van der Waals surface area contributed by atoms with E-state index >= 15 is 0 Å². The summed E-state index contributed by atoms with van der Waals surface area (Å²) < 4.78 is 11.3. The van der Waals surface area contributed by atoms with Crippen molar-refractivity contribution in [2.75, 3.05) is 49.3 Å². The van der Waals surface area contributed by atoms with Crippen LogP contribution in [0, 0.1) is 6.92 Å². The number of nitrogens with one attached hydrogen (secondary N) is 1. The molecule has 158 valence electrons. The predicted octanol–water partition coefficient (Wildman–Crippen LogP) is 2.17. The highest BCUT2D eigenvalue weighted by Crippen LogP contribution is 2.31. The van der Waals surface area contributed by atoms with Gasteiger partial charge in [0.05, 0.1) is 55.8 Å². The van der Waals surface area contributed by atoms with Gasteiger partial charge >= 0.3 is 0 Å². The molecule has 0 unspecified atom stereocenters. The van der Waals surface area contributed by atoms with Gasteiger partial charge in [0, 0.05) is 24.3 Å². The van der Waals surface area contributed by atoms with E-state index in [0.717, 1.165) is 41.2 Å². The first-order valence-electron chi connectivity index (χ1n) is 10.5. The van der Waals surface area contributed by atoms with E-state index in [-0.39, 0.29) is 12.1 Å². The second-order valence-electron chi connectivity index (χ2n) is 8.06. The number of aromatic amines is 1. The highest BCUT2D eigenvalue weighted by atomic mass is 16.5. The first-order chi connectivity index (χ1) is 14.6. The van der Waals surface area contributed by atoms with Crippen molar-refractivity contribution in [3.63, 3.8) is 0 Å². The van der Waals surface area contributed by atoms with Crippen LogP contribution in [-0.2, 0) is 9.47 Å². The van der Waals surface area contributed by atoms with Crippen LogP contribution in [0.4, 0.5) is 11.8 Å². The van der Waals surface area contributed by atoms with Gasteiger partial charge in [0.2, 0.25) is 5.95 Å². The number of aryl methyl sites for hydroxylation is 1. The number of aromatic nitrogens is 5. The zero-order chi connectivity index (χ0) is 20.7. The third-order valence-electron chi connectivity index (χ3n) is 5.90. The lowest BCUT2D eigenvalue weighted by Gasteiger charge is -2.37. The number of ether oxygens (including phenoxy) is 2. The molecule has 0 radical (unpaired) electrons. The molecule has 2 aliphatic heterocycles. The third-order valence-corrected chi connectivity index (χ3v) is 5.90. The van der Waals surface area contributed by atoms with Crippen LogP contribution in [0.1, 0.15) is 19.5 Å². The van der Waals surface area contributed by atoms with Crippen LogP contribution >= 0.6 is 0 Å². The second-order valence-corrected chi connectivity index (χ2v) is 8.06. The Kier molecular flexibility index (Phi) is 5.00. The molecule has 5 rings (SSSR count). The maximum absolute atomic E-state index is 5.65. The van der Waals surface area contributed by atoms with Crippen molar-refractivity contribution in [3.8, 4) is 11.3 Å². The largest absolute Gasteiger partial charge is 0.377 e. The lowest BCUT2D eigenvalue weighted by molar-refractivity contribution is 0.0973. The maximum Gasteiger partial charge on any atom is 0.229 e. The number of morpholine rings is 2. The Morgan fingerprint density at radius 3 is 2.37 bits per heavy atom. The molecule has 30 heavy (non-hydrogen) atoms. The van der Waals surface area contributed by atoms with Gasteiger partial charge in [-0.05, 0) is 32.9 Å². The molecular weight excluding hydrogens is 382 g/mol. The molecule has 3 aromatic heterocycles. The monoisotopic (exact) mass is 409 g/mol. The van der Waals surface area contributed by atoms with Crippen molar-refractivity contribution in [3.05, 3.63) is 24.0 Å². The Bertz CT molecular complexity index is 1050. The number of rotatable bonds is 3. The summed E-state index contributed by atoms with van der Waals surface area (Å²) in [6.07, 6.45) is 1.81. The molecule has 2 atom stereocenters. The molecule has 2 saturated heterocycles. The van der Waals surface area contributed by atoms with Gasteiger partial charge in [0.1, 0.15) is 5.82 Å². The molecule has 9 nitrogen and oxygen atoms in total. The van der Waals surface area contributed by atoms with E-state index in [1.165, 1.54) is 0 Å². The summed E-state index contributed by atoms with van der Waals surface area (Å²) >= 11 is 0. The molecule has 9 heteroatoms. The summed E-state index contributed by atoms with van der Waals surface area (Å²) in [6, 6.07) is 4.55. The van der Waals surface area contributed by atoms with Crippen LogP contribution < -0.4 is 9.80 Å². The molecule has 0 bridgehead atoms. The SMILES string of the molecule is Cc1[nH]ncc1-c1ccc2c(N3CCOC[C@@H]3C)nc(N3CCOC[C@@H]3C)nc2n1. The minimum absolute atomic E-state index is 0.213. The summed E-state index contributed by atoms with van der Waals surface area (Å²) in [5.41, 5.74) is 3.53. The molecule has 0 aliphatic carbocycles. The maximum atomic E-state index is 5.65. The van der Waals surface area contributed by atoms with Gasteiger partial charge in [-0.2, -0.15) is 15.1 Å². The van der Waals surface area contributed by atoms with E-state index in [0.29, 0.717) is 38.0 Å². The fraction of sp³-hybridized carbons (Fsp3) is 0.524. The molecule has 5 heterocycles. The lowest BCUT2D eigenvalue weighted by atomic mass is 10.1. The highest BCUT2D eigenvalue weighted by molar-refractivity contribution is 5.90. The lowest BCUT2D eigenvalue weighted by Crippen LogP contribution is -2.46. The molecule has 1 N–H and O–H groups in total. The average Bonchev–Trinajstić information content (AvgIpc) is 3.19. The first-order valence-corrected chi connectivity index (χ1v) is 10.5. The molecule has 2 fully saturated rings. The van der Waals surface area contributed by atoms with E-state index in [2.05, 4.69) is 39.9 Å². The van der Waals surface area contributed by atoms with Gasteiger partial charge in [-0.1, -0.05) is 0 Å². The number of hydrogen-bond donors (Lipinski definition) is 1. The highest BCUT2D eigenvalue weighted by Gasteiger charge is 2.27. The minimum atomic E-state index is 0.213. The van der Waals surface area contributed by atoms with Gasteiger partial charge < -0.3 is 19.3 Å². The summed E-state index contributed by atoms with van der Waals surface area (Å²) in [5, 5.41) is 8.08. The second kappa shape index (κ2) is 7.81. The fourth-order valence-electron chi connectivity index (χ4n) is 4.16. The van der Waals surface area contributed by atoms with Crippen molar-refractivity contribution in [1.29, 1.82) is 0 Å². The molecule has 0 saturated carbocycles. The quantitative estimate of drug-likeness (QED) is 0.704. The summed E-state index contributed by atoms with van der Waals surface area (Å²) in [5.74, 6) is 1.63. The minimum Gasteiger partial charge on any atom is -0.377 e. The Hall–Kier alpha value is -2.78. The number of anilines is 2. The van der Waals surface area contributed by atoms with Crippen molar-refractivity contribution in [2.45, 2.75) is 32.9 Å². The molecule has 2 aliphatic rings. The summed E-state index contributed by atoms with van der Waals surface area (Å²) in [7, 11) is 0. The van der Waals surface area contributed by atoms with Gasteiger partial charge in [0.25, 0.3) is 0 Å². The zero-order valence-corrected chi connectivity index (χ0v) is 17.6. The summed E-state index contributed by atoms with van der Waals surface area (Å²) in [4.78, 5) is 19.4. The molecular formula is C21H27N7O2. The van der Waals surface area contributed by atoms with E-state index in [4.69, 9.17) is 24.4 Å². The van der Waals surface area contributed by atoms with Gasteiger partial charge in [-0.25, -0.2) is 4.98 Å². The van der Waals surface area contributed by atoms with Crippen molar-refractivity contribution >= 4 is 22.8 Å². The Morgan fingerprint density at radius 2 is 1.70 bits per heavy atom. The molecule has 0 amide bonds. The number of pyridine rings is 1. The standard InChI is InChI=1S/C21H27N7O2/c1-13-11-29-8-6-27(13)20-16-4-5-18(17-10-22-26-15(17)3)23-19(16)24-21(25-20)28-7-9-30-12-14(28)2/h4-5,10,13-14H,6-9,11-12H2,1-3H3,(H,22,26)/t13-,14-/m0/s1. The molecule has 3 aromatic rings. The van der Waals surface area contributed by atoms with Crippen LogP contribution in [-0.4, -0.2) is 76.8 Å². The summed E-state index contributed by atoms with van der Waals surface area (Å²) in [6.45, 7) is 10.6. The number of hydrogen-bond acceptors (Lipinski definition) is 8. The van der Waals surface area contributed by atoms with Crippen LogP contribution in [0.15, 0.2) is 18.3 Å². The van der Waals surface area contributed by atoms with E-state index in [1.54, 1.807) is 6.20 Å². The van der Waals surface area contributed by atoms with Crippen LogP contribution in [0.2, 0.25) is 0 Å². The van der Waals surface area contributed by atoms with Crippen LogP contribution in [0.5, 0.6) is 0 Å². The smallest absolute Gasteiger partial charge is 0.229 e. The zero-order valence-electron chi connectivity index (χ0n) is 17.6. The van der Waals surface area contributed by atoms with Gasteiger partial charge in [0.15, 0.2) is 5.65 Å². The Morgan fingerprint density at radius 1 is 0.967 bits per heavy atom. The average molecular weight is 409 g/mol. The van der Waals surface area contributed by atoms with Crippen LogP contribution in [0.3, 0.4) is 0 Å². The predicted molar refractivity (Wildman–Crippen MR) is 115 cm³/mol. The number of nitrogens with zero attached hydrogens (tertiary/aromatic N) is 6. The van der Waals surface area contributed by atoms with E-state index < -0.39 is 0 Å². The fourth-order valence-corrected chi connectivity index (χ4v) is 4.16. The van der Waals surface area contributed by atoms with E-state index in [1.807, 2.05) is 13.0 Å². The van der Waals surface area contributed by atoms with Crippen LogP contribution in [0.25, 0.3) is 22.3 Å². The number of H-pyrrole nitrogens is 1. The van der Waals surface area contributed by atoms with Crippen molar-refractivity contribution in [2.24, 2.45) is 0 Å². The molecule has 0 aromatic carbocycles. The van der Waals surface area contributed by atoms with Gasteiger partial charge in [-0.15, -0.1) is 0 Å². The Balaban J connectivity index is 1.67. The van der Waals surface area contributed by atoms with Gasteiger partial charge in [-0.3, -0.25) is 5.10 Å². The number of fused-ring (bicyclic) bond motifs is 1. The van der Waals surface area contributed by atoms with Crippen molar-refractivity contribution < 1.29 is 9.47 Å². The third kappa shape index (κ3) is 3.37. The topological polar surface area (TPSA) is 92.3 Å². The first kappa shape index (κ1) is 19.2. The van der Waals surface area contributed by atoms with Crippen molar-refractivity contribution in [1.82, 2.24) is 25.1 Å². The normalized spacial score (nSPS) is 22.6. The van der Waals surface area contributed by atoms with E-state index in [9.17, 15) is 0 Å².